The molecule has 0 saturated carbocycles. The van der Waals surface area contributed by atoms with E-state index in [0.717, 1.165) is 0 Å². The van der Waals surface area contributed by atoms with Crippen LogP contribution in [-0.2, 0) is 4.79 Å². The molecule has 92 valence electrons. The summed E-state index contributed by atoms with van der Waals surface area (Å²) in [6.07, 6.45) is 7.34. The van der Waals surface area contributed by atoms with Crippen LogP contribution in [0.3, 0.4) is 0 Å². The number of terminal acetylenes is 1. The number of carbonyl (C=O) groups excluding carboxylic acids is 1. The molecule has 1 amide bonds. The molecule has 1 saturated heterocycles. The number of rotatable bonds is 3. The van der Waals surface area contributed by atoms with Gasteiger partial charge < -0.3 is 10.6 Å². The zero-order valence-corrected chi connectivity index (χ0v) is 10.4. The van der Waals surface area contributed by atoms with Crippen LogP contribution in [0.2, 0.25) is 0 Å². The van der Waals surface area contributed by atoms with E-state index < -0.39 is 12.1 Å². The highest BCUT2D eigenvalue weighted by Gasteiger charge is 2.38. The highest BCUT2D eigenvalue weighted by Crippen LogP contribution is 2.24. The summed E-state index contributed by atoms with van der Waals surface area (Å²) >= 11 is 0. The summed E-state index contributed by atoms with van der Waals surface area (Å²) in [4.78, 5) is 13.7. The highest BCUT2D eigenvalue weighted by molar-refractivity contribution is 5.83. The fourth-order valence-corrected chi connectivity index (χ4v) is 2.21. The van der Waals surface area contributed by atoms with Crippen molar-refractivity contribution in [1.82, 2.24) is 4.90 Å². The fraction of sp³-hybridized carbons (Fsp3) is 0.692. The van der Waals surface area contributed by atoms with Crippen LogP contribution in [0.4, 0.5) is 0 Å². The maximum atomic E-state index is 12.2. The summed E-state index contributed by atoms with van der Waals surface area (Å²) in [5.74, 6) is 2.73. The van der Waals surface area contributed by atoms with E-state index in [4.69, 9.17) is 17.4 Å². The molecule has 1 heterocycles. The van der Waals surface area contributed by atoms with Gasteiger partial charge in [0.15, 0.2) is 0 Å². The van der Waals surface area contributed by atoms with Crippen LogP contribution in [0.15, 0.2) is 0 Å². The average molecular weight is 233 g/mol. The van der Waals surface area contributed by atoms with Crippen LogP contribution >= 0.6 is 0 Å². The van der Waals surface area contributed by atoms with E-state index in [-0.39, 0.29) is 11.9 Å². The van der Waals surface area contributed by atoms with Crippen molar-refractivity contribution in [3.8, 4) is 18.4 Å². The van der Waals surface area contributed by atoms with Gasteiger partial charge in [0, 0.05) is 0 Å². The third-order valence-corrected chi connectivity index (χ3v) is 3.02. The number of carbonyl (C=O) groups is 1. The van der Waals surface area contributed by atoms with Crippen LogP contribution in [0.5, 0.6) is 0 Å². The van der Waals surface area contributed by atoms with Gasteiger partial charge in [0.1, 0.15) is 6.04 Å². The number of nitriles is 1. The van der Waals surface area contributed by atoms with E-state index in [1.165, 1.54) is 4.90 Å². The summed E-state index contributed by atoms with van der Waals surface area (Å²) in [7, 11) is 0. The molecule has 1 rings (SSSR count). The number of likely N-dealkylation sites (tertiary alicyclic amines) is 1. The first kappa shape index (κ1) is 13.5. The number of hydrogen-bond donors (Lipinski definition) is 1. The number of nitrogens with zero attached hydrogens (tertiary/aromatic N) is 2. The molecule has 0 aliphatic carbocycles. The van der Waals surface area contributed by atoms with Crippen molar-refractivity contribution >= 4 is 5.91 Å². The molecule has 4 nitrogen and oxygen atoms in total. The second-order valence-corrected chi connectivity index (χ2v) is 4.89. The predicted octanol–water partition coefficient (Wildman–Crippen LogP) is 0.876. The topological polar surface area (TPSA) is 70.1 Å². The molecule has 0 aromatic heterocycles. The Bertz CT molecular complexity index is 342. The van der Waals surface area contributed by atoms with Gasteiger partial charge in [-0.05, 0) is 25.2 Å². The van der Waals surface area contributed by atoms with E-state index in [9.17, 15) is 4.79 Å². The molecule has 0 unspecified atom stereocenters. The molecule has 1 aliphatic rings. The first-order valence-corrected chi connectivity index (χ1v) is 5.94. The molecule has 0 aromatic carbocycles. The number of amides is 1. The van der Waals surface area contributed by atoms with Crippen LogP contribution in [-0.4, -0.2) is 28.9 Å². The van der Waals surface area contributed by atoms with Crippen molar-refractivity contribution < 1.29 is 4.79 Å². The standard InChI is InChI=1S/C13H19N3O/c1-4-10-5-6-11(8-14)16(10)13(17)12(15)7-9(2)3/h1,9-12H,5-7,15H2,2-3H3/t10-,11+,12+/m1/s1. The van der Waals surface area contributed by atoms with E-state index in [0.29, 0.717) is 25.2 Å². The minimum atomic E-state index is -0.556. The molecular weight excluding hydrogens is 214 g/mol. The smallest absolute Gasteiger partial charge is 0.241 e. The third kappa shape index (κ3) is 2.99. The summed E-state index contributed by atoms with van der Waals surface area (Å²) in [5, 5.41) is 9.01. The van der Waals surface area contributed by atoms with Gasteiger partial charge in [-0.3, -0.25) is 4.79 Å². The third-order valence-electron chi connectivity index (χ3n) is 3.02. The molecule has 1 aliphatic heterocycles. The van der Waals surface area contributed by atoms with Crippen LogP contribution in [0.25, 0.3) is 0 Å². The van der Waals surface area contributed by atoms with Gasteiger partial charge in [0.05, 0.1) is 18.2 Å². The lowest BCUT2D eigenvalue weighted by molar-refractivity contribution is -0.134. The molecule has 0 bridgehead atoms. The molecule has 3 atom stereocenters. The first-order chi connectivity index (χ1) is 8.01. The lowest BCUT2D eigenvalue weighted by atomic mass is 10.0. The van der Waals surface area contributed by atoms with Gasteiger partial charge in [0.2, 0.25) is 5.91 Å². The van der Waals surface area contributed by atoms with Crippen molar-refractivity contribution in [3.05, 3.63) is 0 Å². The molecule has 4 heteroatoms. The number of nitrogens with two attached hydrogens (primary N) is 1. The Labute approximate surface area is 103 Å². The zero-order chi connectivity index (χ0) is 13.0. The zero-order valence-electron chi connectivity index (χ0n) is 10.4. The van der Waals surface area contributed by atoms with Crippen molar-refractivity contribution in [2.45, 2.75) is 51.2 Å². The van der Waals surface area contributed by atoms with E-state index in [1.807, 2.05) is 13.8 Å². The van der Waals surface area contributed by atoms with Gasteiger partial charge in [0.25, 0.3) is 0 Å². The maximum Gasteiger partial charge on any atom is 0.241 e. The fourth-order valence-electron chi connectivity index (χ4n) is 2.21. The largest absolute Gasteiger partial charge is 0.320 e. The second kappa shape index (κ2) is 5.70. The molecule has 0 aromatic rings. The van der Waals surface area contributed by atoms with Crippen LogP contribution in [0.1, 0.15) is 33.1 Å². The van der Waals surface area contributed by atoms with Crippen molar-refractivity contribution in [3.63, 3.8) is 0 Å². The summed E-state index contributed by atoms with van der Waals surface area (Å²) in [6, 6.07) is 0.878. The van der Waals surface area contributed by atoms with Gasteiger partial charge in [-0.2, -0.15) is 5.26 Å². The van der Waals surface area contributed by atoms with Gasteiger partial charge in [-0.15, -0.1) is 6.42 Å². The summed E-state index contributed by atoms with van der Waals surface area (Å²) in [6.45, 7) is 4.02. The SMILES string of the molecule is C#C[C@@H]1CC[C@@H](C#N)N1C(=O)[C@@H](N)CC(C)C. The monoisotopic (exact) mass is 233 g/mol. The minimum Gasteiger partial charge on any atom is -0.320 e. The van der Waals surface area contributed by atoms with Gasteiger partial charge in [-0.1, -0.05) is 19.8 Å². The Morgan fingerprint density at radius 3 is 2.59 bits per heavy atom. The van der Waals surface area contributed by atoms with Gasteiger partial charge >= 0.3 is 0 Å². The lowest BCUT2D eigenvalue weighted by Crippen LogP contribution is -2.49. The second-order valence-electron chi connectivity index (χ2n) is 4.89. The normalized spacial score (nSPS) is 25.4. The van der Waals surface area contributed by atoms with Crippen molar-refractivity contribution in [2.75, 3.05) is 0 Å². The summed E-state index contributed by atoms with van der Waals surface area (Å²) in [5.41, 5.74) is 5.86. The summed E-state index contributed by atoms with van der Waals surface area (Å²) < 4.78 is 0. The lowest BCUT2D eigenvalue weighted by Gasteiger charge is -2.27. The van der Waals surface area contributed by atoms with Crippen LogP contribution in [0, 0.1) is 29.6 Å². The van der Waals surface area contributed by atoms with Gasteiger partial charge in [-0.25, -0.2) is 0 Å². The number of hydrogen-bond acceptors (Lipinski definition) is 3. The predicted molar refractivity (Wildman–Crippen MR) is 65.5 cm³/mol. The van der Waals surface area contributed by atoms with Crippen molar-refractivity contribution in [1.29, 1.82) is 5.26 Å². The Morgan fingerprint density at radius 2 is 2.12 bits per heavy atom. The molecule has 1 fully saturated rings. The molecule has 0 spiro atoms. The molecule has 0 radical (unpaired) electrons. The molecule has 17 heavy (non-hydrogen) atoms. The van der Waals surface area contributed by atoms with E-state index in [1.54, 1.807) is 0 Å². The minimum absolute atomic E-state index is 0.189. The maximum absolute atomic E-state index is 12.2. The first-order valence-electron chi connectivity index (χ1n) is 5.94. The quantitative estimate of drug-likeness (QED) is 0.735. The van der Waals surface area contributed by atoms with Crippen LogP contribution < -0.4 is 5.73 Å². The van der Waals surface area contributed by atoms with E-state index in [2.05, 4.69) is 12.0 Å². The molecule has 2 N–H and O–H groups in total. The Hall–Kier alpha value is -1.52. The highest BCUT2D eigenvalue weighted by atomic mass is 16.2. The molecular formula is C13H19N3O. The Kier molecular flexibility index (Phi) is 4.54. The van der Waals surface area contributed by atoms with Crippen molar-refractivity contribution in [2.24, 2.45) is 11.7 Å². The van der Waals surface area contributed by atoms with E-state index >= 15 is 0 Å². The average Bonchev–Trinajstić information content (AvgIpc) is 2.69. The Morgan fingerprint density at radius 1 is 1.53 bits per heavy atom. The Balaban J connectivity index is 2.78.